The minimum absolute atomic E-state index is 0.183. The topological polar surface area (TPSA) is 49.3 Å². The first-order valence-corrected chi connectivity index (χ1v) is 11.2. The molecule has 3 fully saturated rings. The molecule has 3 rings (SSSR count). The lowest BCUT2D eigenvalue weighted by atomic mass is 9.94. The Kier molecular flexibility index (Phi) is 8.68. The summed E-state index contributed by atoms with van der Waals surface area (Å²) in [5.74, 6) is 1.05. The highest BCUT2D eigenvalue weighted by Gasteiger charge is 2.32. The minimum Gasteiger partial charge on any atom is -0.375 e. The quantitative estimate of drug-likeness (QED) is 0.418. The molecule has 0 spiro atoms. The molecule has 3 aliphatic rings. The number of ether oxygens (including phenoxy) is 2. The van der Waals surface area contributed by atoms with E-state index in [9.17, 15) is 0 Å². The van der Waals surface area contributed by atoms with Crippen LogP contribution in [0.2, 0.25) is 0 Å². The van der Waals surface area contributed by atoms with Crippen molar-refractivity contribution >= 4 is 5.96 Å². The van der Waals surface area contributed by atoms with Gasteiger partial charge in [-0.25, -0.2) is 0 Å². The molecule has 0 aromatic heterocycles. The number of aliphatic imine (C=N–C) groups is 1. The van der Waals surface area contributed by atoms with Gasteiger partial charge in [0.1, 0.15) is 6.10 Å². The van der Waals surface area contributed by atoms with Gasteiger partial charge < -0.3 is 24.6 Å². The predicted octanol–water partition coefficient (Wildman–Crippen LogP) is 2.49. The molecule has 6 heteroatoms. The van der Waals surface area contributed by atoms with Gasteiger partial charge in [-0.3, -0.25) is 4.99 Å². The van der Waals surface area contributed by atoms with Crippen molar-refractivity contribution in [3.8, 4) is 0 Å². The molecular formula is C21H40N4O2. The van der Waals surface area contributed by atoms with Gasteiger partial charge in [0.05, 0.1) is 12.7 Å². The number of morpholine rings is 1. The maximum Gasteiger partial charge on any atom is 0.194 e. The lowest BCUT2D eigenvalue weighted by Crippen LogP contribution is -2.53. The molecule has 0 amide bonds. The summed E-state index contributed by atoms with van der Waals surface area (Å²) in [6.07, 6.45) is 10.8. The molecule has 2 unspecified atom stereocenters. The van der Waals surface area contributed by atoms with E-state index in [2.05, 4.69) is 29.1 Å². The summed E-state index contributed by atoms with van der Waals surface area (Å²) < 4.78 is 11.8. The Morgan fingerprint density at radius 3 is 2.63 bits per heavy atom. The summed E-state index contributed by atoms with van der Waals surface area (Å²) in [5, 5.41) is 3.48. The molecule has 1 aliphatic carbocycles. The predicted molar refractivity (Wildman–Crippen MR) is 110 cm³/mol. The first-order valence-electron chi connectivity index (χ1n) is 11.2. The third-order valence-corrected chi connectivity index (χ3v) is 6.24. The highest BCUT2D eigenvalue weighted by molar-refractivity contribution is 5.80. The summed E-state index contributed by atoms with van der Waals surface area (Å²) in [6.45, 7) is 8.53. The summed E-state index contributed by atoms with van der Waals surface area (Å²) in [4.78, 5) is 9.85. The van der Waals surface area contributed by atoms with Gasteiger partial charge in [-0.05, 0) is 52.6 Å². The zero-order valence-electron chi connectivity index (χ0n) is 17.5. The summed E-state index contributed by atoms with van der Waals surface area (Å²) >= 11 is 0. The first-order chi connectivity index (χ1) is 13.3. The van der Waals surface area contributed by atoms with Crippen LogP contribution in [0.4, 0.5) is 0 Å². The number of hydrogen-bond acceptors (Lipinski definition) is 4. The van der Waals surface area contributed by atoms with Crippen LogP contribution in [0.25, 0.3) is 0 Å². The molecule has 2 heterocycles. The highest BCUT2D eigenvalue weighted by atomic mass is 16.5. The third kappa shape index (κ3) is 6.33. The van der Waals surface area contributed by atoms with Crippen LogP contribution >= 0.6 is 0 Å². The molecule has 1 N–H and O–H groups in total. The molecule has 0 radical (unpaired) electrons. The fourth-order valence-corrected chi connectivity index (χ4v) is 4.62. The van der Waals surface area contributed by atoms with Crippen molar-refractivity contribution < 1.29 is 9.47 Å². The van der Waals surface area contributed by atoms with E-state index in [0.717, 1.165) is 77.2 Å². The van der Waals surface area contributed by atoms with Crippen molar-refractivity contribution in [2.45, 2.75) is 76.5 Å². The first kappa shape index (κ1) is 20.9. The van der Waals surface area contributed by atoms with E-state index < -0.39 is 0 Å². The van der Waals surface area contributed by atoms with Crippen molar-refractivity contribution in [3.63, 3.8) is 0 Å². The van der Waals surface area contributed by atoms with Gasteiger partial charge in [-0.2, -0.15) is 0 Å². The van der Waals surface area contributed by atoms with Gasteiger partial charge in [-0.1, -0.05) is 19.3 Å². The SMILES string of the molecule is CCNC(=NCCCN(C)C1CCCCC1)N1CCOC(C2CCCO2)C1. The monoisotopic (exact) mass is 380 g/mol. The molecule has 2 saturated heterocycles. The van der Waals surface area contributed by atoms with Gasteiger partial charge in [0.15, 0.2) is 5.96 Å². The van der Waals surface area contributed by atoms with Crippen LogP contribution in [0, 0.1) is 0 Å². The smallest absolute Gasteiger partial charge is 0.194 e. The zero-order valence-corrected chi connectivity index (χ0v) is 17.5. The van der Waals surface area contributed by atoms with E-state index in [1.807, 2.05) is 0 Å². The number of guanidine groups is 1. The van der Waals surface area contributed by atoms with E-state index in [0.29, 0.717) is 0 Å². The molecule has 6 nitrogen and oxygen atoms in total. The van der Waals surface area contributed by atoms with Crippen LogP contribution in [0.1, 0.15) is 58.3 Å². The minimum atomic E-state index is 0.183. The van der Waals surface area contributed by atoms with Gasteiger partial charge >= 0.3 is 0 Å². The van der Waals surface area contributed by atoms with E-state index in [1.165, 1.54) is 32.1 Å². The van der Waals surface area contributed by atoms with Crippen LogP contribution in [0.15, 0.2) is 4.99 Å². The molecule has 2 atom stereocenters. The Balaban J connectivity index is 1.45. The standard InChI is InChI=1S/C21H40N4O2/c1-3-22-21(23-12-8-13-24(2)18-9-5-4-6-10-18)25-14-16-27-20(17-25)19-11-7-15-26-19/h18-20H,3-17H2,1-2H3,(H,22,23). The summed E-state index contributed by atoms with van der Waals surface area (Å²) in [6, 6.07) is 0.794. The van der Waals surface area contributed by atoms with Crippen molar-refractivity contribution in [2.75, 3.05) is 53.0 Å². The van der Waals surface area contributed by atoms with Crippen LogP contribution < -0.4 is 5.32 Å². The Morgan fingerprint density at radius 2 is 1.89 bits per heavy atom. The van der Waals surface area contributed by atoms with Gasteiger partial charge in [0.25, 0.3) is 0 Å². The average Bonchev–Trinajstić information content (AvgIpc) is 3.26. The maximum atomic E-state index is 5.99. The second kappa shape index (κ2) is 11.2. The van der Waals surface area contributed by atoms with Crippen molar-refractivity contribution in [1.29, 1.82) is 0 Å². The molecule has 0 aromatic carbocycles. The van der Waals surface area contributed by atoms with Crippen molar-refractivity contribution in [2.24, 2.45) is 4.99 Å². The van der Waals surface area contributed by atoms with Gasteiger partial charge in [0.2, 0.25) is 0 Å². The molecule has 27 heavy (non-hydrogen) atoms. The number of hydrogen-bond donors (Lipinski definition) is 1. The largest absolute Gasteiger partial charge is 0.375 e. The Bertz CT molecular complexity index is 447. The van der Waals surface area contributed by atoms with Crippen LogP contribution in [-0.4, -0.2) is 87.0 Å². The van der Waals surface area contributed by atoms with E-state index in [4.69, 9.17) is 14.5 Å². The van der Waals surface area contributed by atoms with E-state index in [-0.39, 0.29) is 12.2 Å². The Morgan fingerprint density at radius 1 is 1.07 bits per heavy atom. The van der Waals surface area contributed by atoms with Gasteiger partial charge in [-0.15, -0.1) is 0 Å². The molecule has 1 saturated carbocycles. The average molecular weight is 381 g/mol. The molecular weight excluding hydrogens is 340 g/mol. The lowest BCUT2D eigenvalue weighted by molar-refractivity contribution is -0.0817. The van der Waals surface area contributed by atoms with Gasteiger partial charge in [0, 0.05) is 38.8 Å². The highest BCUT2D eigenvalue weighted by Crippen LogP contribution is 2.22. The van der Waals surface area contributed by atoms with E-state index in [1.54, 1.807) is 0 Å². The second-order valence-electron chi connectivity index (χ2n) is 8.27. The summed E-state index contributed by atoms with van der Waals surface area (Å²) in [7, 11) is 2.29. The lowest BCUT2D eigenvalue weighted by Gasteiger charge is -2.37. The molecule has 0 aromatic rings. The second-order valence-corrected chi connectivity index (χ2v) is 8.27. The number of rotatable bonds is 7. The molecule has 156 valence electrons. The number of nitrogens with zero attached hydrogens (tertiary/aromatic N) is 3. The third-order valence-electron chi connectivity index (χ3n) is 6.24. The van der Waals surface area contributed by atoms with Crippen LogP contribution in [-0.2, 0) is 9.47 Å². The maximum absolute atomic E-state index is 5.99. The van der Waals surface area contributed by atoms with Crippen molar-refractivity contribution in [3.05, 3.63) is 0 Å². The molecule has 0 bridgehead atoms. The fraction of sp³-hybridized carbons (Fsp3) is 0.952. The van der Waals surface area contributed by atoms with Crippen molar-refractivity contribution in [1.82, 2.24) is 15.1 Å². The Labute approximate surface area is 165 Å². The zero-order chi connectivity index (χ0) is 18.9. The van der Waals surface area contributed by atoms with Crippen LogP contribution in [0.5, 0.6) is 0 Å². The van der Waals surface area contributed by atoms with Crippen LogP contribution in [0.3, 0.4) is 0 Å². The number of nitrogens with one attached hydrogen (secondary N) is 1. The summed E-state index contributed by atoms with van der Waals surface area (Å²) in [5.41, 5.74) is 0. The Hall–Kier alpha value is -0.850. The fourth-order valence-electron chi connectivity index (χ4n) is 4.62. The normalized spacial score (nSPS) is 28.1. The van der Waals surface area contributed by atoms with E-state index >= 15 is 0 Å². The molecule has 2 aliphatic heterocycles.